The number of hydrogen-bond donors (Lipinski definition) is 0. The second-order valence-corrected chi connectivity index (χ2v) is 7.80. The van der Waals surface area contributed by atoms with Crippen LogP contribution < -0.4 is 0 Å². The number of carbonyl (C=O) groups is 1. The van der Waals surface area contributed by atoms with Gasteiger partial charge >= 0.3 is 5.97 Å². The number of ether oxygens (including phenoxy) is 1. The lowest BCUT2D eigenvalue weighted by atomic mass is 10.0. The molecule has 0 radical (unpaired) electrons. The van der Waals surface area contributed by atoms with Gasteiger partial charge in [-0.05, 0) is 31.6 Å². The van der Waals surface area contributed by atoms with Crippen LogP contribution in [0.25, 0.3) is 0 Å². The van der Waals surface area contributed by atoms with E-state index in [1.165, 1.54) is 70.6 Å². The van der Waals surface area contributed by atoms with E-state index in [1.54, 1.807) is 0 Å². The van der Waals surface area contributed by atoms with Gasteiger partial charge in [0, 0.05) is 5.57 Å². The fraction of sp³-hybridized carbons (Fsp3) is 0.870. The van der Waals surface area contributed by atoms with Gasteiger partial charge in [-0.1, -0.05) is 98.0 Å². The summed E-state index contributed by atoms with van der Waals surface area (Å²) in [7, 11) is 0. The molecule has 0 aromatic carbocycles. The molecule has 0 spiro atoms. The third-order valence-corrected chi connectivity index (χ3v) is 4.56. The molecule has 0 amide bonds. The summed E-state index contributed by atoms with van der Waals surface area (Å²) in [5.41, 5.74) is 0.921. The van der Waals surface area contributed by atoms with Crippen LogP contribution in [0.5, 0.6) is 0 Å². The number of carbonyl (C=O) groups excluding carboxylic acids is 1. The van der Waals surface area contributed by atoms with Crippen LogP contribution in [-0.4, -0.2) is 12.6 Å². The summed E-state index contributed by atoms with van der Waals surface area (Å²) in [6.45, 7) is 9.19. The van der Waals surface area contributed by atoms with Crippen LogP contribution in [-0.2, 0) is 9.53 Å². The van der Waals surface area contributed by atoms with Crippen LogP contribution >= 0.6 is 0 Å². The average molecular weight is 353 g/mol. The van der Waals surface area contributed by atoms with Gasteiger partial charge < -0.3 is 4.74 Å². The van der Waals surface area contributed by atoms with Crippen LogP contribution in [0.1, 0.15) is 118 Å². The van der Waals surface area contributed by atoms with E-state index in [0.29, 0.717) is 12.5 Å². The molecule has 25 heavy (non-hydrogen) atoms. The van der Waals surface area contributed by atoms with Gasteiger partial charge in [-0.15, -0.1) is 0 Å². The highest BCUT2D eigenvalue weighted by atomic mass is 16.5. The molecule has 0 aromatic rings. The molecular weight excluding hydrogens is 308 g/mol. The standard InChI is InChI=1S/C23H44O2/c1-5-7-9-11-13-15-17-19-22(23(24)25-20-21(3)4)18-16-14-12-10-8-6-2/h18,21H,5-17,19-20H2,1-4H3. The first-order valence-corrected chi connectivity index (χ1v) is 11.0. The summed E-state index contributed by atoms with van der Waals surface area (Å²) >= 11 is 0. The first kappa shape index (κ1) is 24.2. The Bertz CT molecular complexity index is 331. The molecule has 0 bridgehead atoms. The molecule has 0 rings (SSSR count). The number of allylic oxidation sites excluding steroid dienone is 1. The zero-order chi connectivity index (χ0) is 18.8. The molecule has 0 fully saturated rings. The van der Waals surface area contributed by atoms with Crippen LogP contribution in [0, 0.1) is 5.92 Å². The lowest BCUT2D eigenvalue weighted by Crippen LogP contribution is -2.12. The first-order chi connectivity index (χ1) is 12.1. The Labute approximate surface area is 157 Å². The third kappa shape index (κ3) is 16.4. The second kappa shape index (κ2) is 18.0. The van der Waals surface area contributed by atoms with E-state index >= 15 is 0 Å². The van der Waals surface area contributed by atoms with Crippen molar-refractivity contribution >= 4 is 5.97 Å². The van der Waals surface area contributed by atoms with Gasteiger partial charge in [0.15, 0.2) is 0 Å². The maximum Gasteiger partial charge on any atom is 0.333 e. The molecule has 0 aromatic heterocycles. The predicted molar refractivity (Wildman–Crippen MR) is 110 cm³/mol. The zero-order valence-corrected chi connectivity index (χ0v) is 17.6. The molecule has 0 heterocycles. The molecule has 0 saturated carbocycles. The van der Waals surface area contributed by atoms with Crippen molar-refractivity contribution in [1.82, 2.24) is 0 Å². The second-order valence-electron chi connectivity index (χ2n) is 7.80. The molecular formula is C23H44O2. The molecule has 0 aliphatic rings. The molecule has 0 atom stereocenters. The van der Waals surface area contributed by atoms with Crippen LogP contribution in [0.3, 0.4) is 0 Å². The summed E-state index contributed by atoms with van der Waals surface area (Å²) in [5, 5.41) is 0. The predicted octanol–water partition coefficient (Wildman–Crippen LogP) is 7.61. The van der Waals surface area contributed by atoms with E-state index in [-0.39, 0.29) is 5.97 Å². The lowest BCUT2D eigenvalue weighted by Gasteiger charge is -2.10. The molecule has 0 saturated heterocycles. The minimum absolute atomic E-state index is 0.0757. The summed E-state index contributed by atoms with van der Waals surface area (Å²) < 4.78 is 5.46. The Balaban J connectivity index is 4.16. The van der Waals surface area contributed by atoms with Crippen molar-refractivity contribution in [2.45, 2.75) is 118 Å². The van der Waals surface area contributed by atoms with Crippen molar-refractivity contribution in [2.75, 3.05) is 6.61 Å². The first-order valence-electron chi connectivity index (χ1n) is 11.0. The van der Waals surface area contributed by atoms with E-state index in [4.69, 9.17) is 4.74 Å². The topological polar surface area (TPSA) is 26.3 Å². The van der Waals surface area contributed by atoms with Gasteiger partial charge in [0.25, 0.3) is 0 Å². The van der Waals surface area contributed by atoms with E-state index in [2.05, 4.69) is 33.8 Å². The smallest absolute Gasteiger partial charge is 0.333 e. The normalized spacial score (nSPS) is 12.0. The SMILES string of the molecule is CCCCCCCC=C(CCCCCCCCC)C(=O)OCC(C)C. The van der Waals surface area contributed by atoms with Crippen molar-refractivity contribution in [1.29, 1.82) is 0 Å². The Morgan fingerprint density at radius 1 is 0.800 bits per heavy atom. The van der Waals surface area contributed by atoms with Crippen molar-refractivity contribution in [3.8, 4) is 0 Å². The van der Waals surface area contributed by atoms with Crippen LogP contribution in [0.15, 0.2) is 11.6 Å². The van der Waals surface area contributed by atoms with Gasteiger partial charge in [-0.3, -0.25) is 0 Å². The quantitative estimate of drug-likeness (QED) is 0.153. The summed E-state index contributed by atoms with van der Waals surface area (Å²) in [4.78, 5) is 12.3. The number of hydrogen-bond acceptors (Lipinski definition) is 2. The monoisotopic (exact) mass is 352 g/mol. The highest BCUT2D eigenvalue weighted by Crippen LogP contribution is 2.16. The lowest BCUT2D eigenvalue weighted by molar-refractivity contribution is -0.140. The van der Waals surface area contributed by atoms with Gasteiger partial charge in [0.05, 0.1) is 6.61 Å². The molecule has 0 aliphatic heterocycles. The maximum absolute atomic E-state index is 12.3. The maximum atomic E-state index is 12.3. The van der Waals surface area contributed by atoms with Crippen LogP contribution in [0.4, 0.5) is 0 Å². The van der Waals surface area contributed by atoms with E-state index in [0.717, 1.165) is 24.8 Å². The fourth-order valence-corrected chi connectivity index (χ4v) is 2.92. The van der Waals surface area contributed by atoms with Crippen molar-refractivity contribution in [3.63, 3.8) is 0 Å². The minimum atomic E-state index is -0.0757. The van der Waals surface area contributed by atoms with Crippen molar-refractivity contribution in [2.24, 2.45) is 5.92 Å². The van der Waals surface area contributed by atoms with Gasteiger partial charge in [-0.25, -0.2) is 4.79 Å². The number of rotatable bonds is 17. The number of unbranched alkanes of at least 4 members (excludes halogenated alkanes) is 11. The van der Waals surface area contributed by atoms with Gasteiger partial charge in [0.2, 0.25) is 0 Å². The Kier molecular flexibility index (Phi) is 17.4. The van der Waals surface area contributed by atoms with Crippen molar-refractivity contribution in [3.05, 3.63) is 11.6 Å². The number of esters is 1. The third-order valence-electron chi connectivity index (χ3n) is 4.56. The molecule has 0 unspecified atom stereocenters. The Morgan fingerprint density at radius 2 is 1.32 bits per heavy atom. The highest BCUT2D eigenvalue weighted by Gasteiger charge is 2.11. The Morgan fingerprint density at radius 3 is 1.88 bits per heavy atom. The summed E-state index contributed by atoms with van der Waals surface area (Å²) in [5.74, 6) is 0.325. The largest absolute Gasteiger partial charge is 0.462 e. The highest BCUT2D eigenvalue weighted by molar-refractivity contribution is 5.88. The zero-order valence-electron chi connectivity index (χ0n) is 17.6. The molecule has 0 aliphatic carbocycles. The average Bonchev–Trinajstić information content (AvgIpc) is 2.59. The summed E-state index contributed by atoms with van der Waals surface area (Å²) in [6.07, 6.45) is 19.4. The van der Waals surface area contributed by atoms with E-state index < -0.39 is 0 Å². The van der Waals surface area contributed by atoms with Crippen LogP contribution in [0.2, 0.25) is 0 Å². The molecule has 0 N–H and O–H groups in total. The molecule has 2 nitrogen and oxygen atoms in total. The Hall–Kier alpha value is -0.790. The van der Waals surface area contributed by atoms with Gasteiger partial charge in [0.1, 0.15) is 0 Å². The van der Waals surface area contributed by atoms with Gasteiger partial charge in [-0.2, -0.15) is 0 Å². The fourth-order valence-electron chi connectivity index (χ4n) is 2.92. The molecule has 148 valence electrons. The van der Waals surface area contributed by atoms with E-state index in [9.17, 15) is 4.79 Å². The summed E-state index contributed by atoms with van der Waals surface area (Å²) in [6, 6.07) is 0. The van der Waals surface area contributed by atoms with E-state index in [1.807, 2.05) is 0 Å². The van der Waals surface area contributed by atoms with Crippen molar-refractivity contribution < 1.29 is 9.53 Å². The minimum Gasteiger partial charge on any atom is -0.462 e. The molecule has 2 heteroatoms.